The average molecular weight is 706 g/mol. The Morgan fingerprint density at radius 1 is 0.960 bits per heavy atom. The first-order valence-electron chi connectivity index (χ1n) is 16.2. The van der Waals surface area contributed by atoms with Crippen LogP contribution in [-0.4, -0.2) is 53.6 Å². The molecule has 0 bridgehead atoms. The zero-order chi connectivity index (χ0) is 36.5. The monoisotopic (exact) mass is 705 g/mol. The van der Waals surface area contributed by atoms with Crippen molar-refractivity contribution in [1.82, 2.24) is 0 Å². The molecule has 268 valence electrons. The molecule has 1 aliphatic carbocycles. The number of aliphatic hydroxyl groups is 2. The molecule has 1 aliphatic heterocycles. The number of allylic oxidation sites excluding steroid dienone is 1. The maximum atomic E-state index is 13.8. The van der Waals surface area contributed by atoms with Crippen molar-refractivity contribution in [3.63, 3.8) is 0 Å². The molecule has 1 heterocycles. The molecule has 1 saturated heterocycles. The number of anilines is 1. The Morgan fingerprint density at radius 2 is 1.60 bits per heavy atom. The van der Waals surface area contributed by atoms with Gasteiger partial charge in [-0.3, -0.25) is 9.59 Å². The topological polar surface area (TPSA) is 107 Å². The first-order valence-corrected chi connectivity index (χ1v) is 16.2. The number of carbonyl (C=O) groups excluding carboxylic acids is 2. The number of phenols is 1. The van der Waals surface area contributed by atoms with Gasteiger partial charge in [0.2, 0.25) is 11.8 Å². The quantitative estimate of drug-likeness (QED) is 0.107. The van der Waals surface area contributed by atoms with Crippen LogP contribution in [0.3, 0.4) is 0 Å². The molecule has 50 heavy (non-hydrogen) atoms. The Labute approximate surface area is 284 Å². The van der Waals surface area contributed by atoms with Crippen molar-refractivity contribution >= 4 is 34.4 Å². The molecule has 0 radical (unpaired) electrons. The minimum absolute atomic E-state index is 0.0871. The standard InChI is InChI=1S/C37H37F6NO6/c1-3-6-20(13-21-10-12-30(46)27-8-5-4-7-26(21)27)9-11-31(47)32-22(19-50-2)14-28-33(29(32)18-45)35(49)44(34(28)48)25-16-23(36(38,39)40)15-24(17-25)37(41,42)43/h4-5,7-8,10,12-13,15-17,28-29,31,33,45-47H,3,6,9,11,14,18-19H2,1-2H3/b20-13+/t28-,29+,31-,33-/m1/s1. The van der Waals surface area contributed by atoms with Gasteiger partial charge in [0.05, 0.1) is 48.0 Å². The molecule has 7 nitrogen and oxygen atoms in total. The van der Waals surface area contributed by atoms with Crippen LogP contribution < -0.4 is 4.90 Å². The van der Waals surface area contributed by atoms with Gasteiger partial charge in [-0.2, -0.15) is 26.3 Å². The number of imide groups is 1. The fourth-order valence-corrected chi connectivity index (χ4v) is 7.31. The normalized spacial score (nSPS) is 21.0. The summed E-state index contributed by atoms with van der Waals surface area (Å²) in [4.78, 5) is 27.8. The molecule has 3 aromatic rings. The van der Waals surface area contributed by atoms with Gasteiger partial charge in [-0.15, -0.1) is 0 Å². The molecule has 5 rings (SSSR count). The van der Waals surface area contributed by atoms with E-state index in [2.05, 4.69) is 0 Å². The van der Waals surface area contributed by atoms with Gasteiger partial charge in [0.25, 0.3) is 0 Å². The third-order valence-electron chi connectivity index (χ3n) is 9.49. The summed E-state index contributed by atoms with van der Waals surface area (Å²) in [5.74, 6) is -5.61. The number of ether oxygens (including phenoxy) is 1. The molecule has 4 atom stereocenters. The van der Waals surface area contributed by atoms with Crippen LogP contribution in [0.5, 0.6) is 5.75 Å². The molecule has 0 spiro atoms. The number of amides is 2. The molecule has 1 fully saturated rings. The number of nitrogens with zero attached hydrogens (tertiary/aromatic N) is 1. The highest BCUT2D eigenvalue weighted by molar-refractivity contribution is 6.22. The van der Waals surface area contributed by atoms with Crippen molar-refractivity contribution in [3.05, 3.63) is 88.0 Å². The van der Waals surface area contributed by atoms with Crippen molar-refractivity contribution in [2.45, 2.75) is 57.5 Å². The van der Waals surface area contributed by atoms with E-state index in [1.165, 1.54) is 7.11 Å². The number of alkyl halides is 6. The van der Waals surface area contributed by atoms with Crippen molar-refractivity contribution in [2.75, 3.05) is 25.2 Å². The Bertz CT molecular complexity index is 1800. The molecular weight excluding hydrogens is 668 g/mol. The number of aliphatic hydroxyl groups excluding tert-OH is 2. The first kappa shape index (κ1) is 37.1. The highest BCUT2D eigenvalue weighted by Crippen LogP contribution is 2.48. The number of fused-ring (bicyclic) bond motifs is 2. The number of hydrogen-bond acceptors (Lipinski definition) is 6. The van der Waals surface area contributed by atoms with Crippen LogP contribution in [0.15, 0.2) is 71.3 Å². The summed E-state index contributed by atoms with van der Waals surface area (Å²) < 4.78 is 87.2. The second-order valence-electron chi connectivity index (χ2n) is 12.7. The average Bonchev–Trinajstić information content (AvgIpc) is 3.31. The van der Waals surface area contributed by atoms with Crippen molar-refractivity contribution < 1.29 is 56.0 Å². The van der Waals surface area contributed by atoms with E-state index in [1.54, 1.807) is 18.2 Å². The van der Waals surface area contributed by atoms with Crippen LogP contribution in [-0.2, 0) is 26.7 Å². The summed E-state index contributed by atoms with van der Waals surface area (Å²) in [6.07, 6.45) is -7.78. The zero-order valence-electron chi connectivity index (χ0n) is 27.3. The number of rotatable bonds is 11. The lowest BCUT2D eigenvalue weighted by Gasteiger charge is -2.36. The Morgan fingerprint density at radius 3 is 2.18 bits per heavy atom. The fraction of sp³-hybridized carbons (Fsp3) is 0.405. The van der Waals surface area contributed by atoms with E-state index < -0.39 is 71.4 Å². The Hall–Kier alpha value is -4.20. The lowest BCUT2D eigenvalue weighted by atomic mass is 9.68. The van der Waals surface area contributed by atoms with Crippen LogP contribution >= 0.6 is 0 Å². The van der Waals surface area contributed by atoms with Gasteiger partial charge in [-0.05, 0) is 72.0 Å². The molecule has 13 heteroatoms. The van der Waals surface area contributed by atoms with Crippen molar-refractivity contribution in [1.29, 1.82) is 0 Å². The smallest absolute Gasteiger partial charge is 0.416 e. The molecule has 0 unspecified atom stereocenters. The summed E-state index contributed by atoms with van der Waals surface area (Å²) in [6.45, 7) is 1.19. The summed E-state index contributed by atoms with van der Waals surface area (Å²) in [5, 5.41) is 34.0. The van der Waals surface area contributed by atoms with E-state index in [-0.39, 0.29) is 36.8 Å². The van der Waals surface area contributed by atoms with Crippen LogP contribution in [0.25, 0.3) is 16.8 Å². The maximum absolute atomic E-state index is 13.8. The van der Waals surface area contributed by atoms with E-state index in [0.29, 0.717) is 40.8 Å². The van der Waals surface area contributed by atoms with E-state index in [9.17, 15) is 51.3 Å². The summed E-state index contributed by atoms with van der Waals surface area (Å²) in [7, 11) is 1.37. The molecule has 2 aliphatic rings. The van der Waals surface area contributed by atoms with Gasteiger partial charge in [-0.25, -0.2) is 4.90 Å². The number of benzene rings is 3. The fourth-order valence-electron chi connectivity index (χ4n) is 7.31. The first-order chi connectivity index (χ1) is 23.6. The number of phenolic OH excluding ortho intramolecular Hbond substituents is 1. The minimum Gasteiger partial charge on any atom is -0.507 e. The van der Waals surface area contributed by atoms with Gasteiger partial charge < -0.3 is 20.1 Å². The Kier molecular flexibility index (Phi) is 10.8. The SMILES string of the molecule is CCC/C(=C\c1ccc(O)c2ccccc12)CC[C@@H](O)C1=C(COC)C[C@H]2C(=O)N(c3cc(C(F)(F)F)cc(C(F)(F)F)c3)C(=O)[C@H]2[C@H]1CO. The van der Waals surface area contributed by atoms with Crippen LogP contribution in [0.4, 0.5) is 32.0 Å². The Balaban J connectivity index is 1.47. The number of halogens is 6. The largest absolute Gasteiger partial charge is 0.507 e. The lowest BCUT2D eigenvalue weighted by Crippen LogP contribution is -2.39. The minimum atomic E-state index is -5.20. The summed E-state index contributed by atoms with van der Waals surface area (Å²) >= 11 is 0. The van der Waals surface area contributed by atoms with Gasteiger partial charge >= 0.3 is 12.4 Å². The molecule has 0 saturated carbocycles. The maximum Gasteiger partial charge on any atom is 0.416 e. The van der Waals surface area contributed by atoms with Gasteiger partial charge in [0, 0.05) is 18.4 Å². The van der Waals surface area contributed by atoms with Crippen LogP contribution in [0.1, 0.15) is 55.7 Å². The van der Waals surface area contributed by atoms with E-state index >= 15 is 0 Å². The number of hydrogen-bond donors (Lipinski definition) is 3. The van der Waals surface area contributed by atoms with E-state index in [1.807, 2.05) is 31.2 Å². The lowest BCUT2D eigenvalue weighted by molar-refractivity contribution is -0.143. The van der Waals surface area contributed by atoms with E-state index in [0.717, 1.165) is 22.9 Å². The third-order valence-corrected chi connectivity index (χ3v) is 9.49. The van der Waals surface area contributed by atoms with Crippen molar-refractivity contribution in [2.24, 2.45) is 17.8 Å². The zero-order valence-corrected chi connectivity index (χ0v) is 27.3. The number of carbonyl (C=O) groups is 2. The molecule has 0 aromatic heterocycles. The third kappa shape index (κ3) is 7.31. The predicted molar refractivity (Wildman–Crippen MR) is 174 cm³/mol. The van der Waals surface area contributed by atoms with Gasteiger partial charge in [-0.1, -0.05) is 55.3 Å². The second kappa shape index (κ2) is 14.6. The summed E-state index contributed by atoms with van der Waals surface area (Å²) in [6, 6.07) is 11.3. The van der Waals surface area contributed by atoms with Crippen molar-refractivity contribution in [3.8, 4) is 5.75 Å². The number of methoxy groups -OCH3 is 1. The molecular formula is C37H37F6NO6. The second-order valence-corrected chi connectivity index (χ2v) is 12.7. The molecule has 3 aromatic carbocycles. The van der Waals surface area contributed by atoms with Gasteiger partial charge in [0.15, 0.2) is 0 Å². The highest BCUT2D eigenvalue weighted by Gasteiger charge is 2.55. The highest BCUT2D eigenvalue weighted by atomic mass is 19.4. The van der Waals surface area contributed by atoms with Crippen LogP contribution in [0.2, 0.25) is 0 Å². The summed E-state index contributed by atoms with van der Waals surface area (Å²) in [5.41, 5.74) is -1.70. The predicted octanol–water partition coefficient (Wildman–Crippen LogP) is 7.67. The molecule has 3 N–H and O–H groups in total. The number of aromatic hydroxyl groups is 1. The van der Waals surface area contributed by atoms with E-state index in [4.69, 9.17) is 4.74 Å². The van der Waals surface area contributed by atoms with Gasteiger partial charge in [0.1, 0.15) is 5.75 Å². The van der Waals surface area contributed by atoms with Crippen LogP contribution in [0, 0.1) is 17.8 Å². The molecule has 2 amide bonds.